The molecule has 2 aromatic rings. The quantitative estimate of drug-likeness (QED) is 0.799. The first kappa shape index (κ1) is 11.2. The summed E-state index contributed by atoms with van der Waals surface area (Å²) in [6, 6.07) is 7.10. The molecule has 5 nitrogen and oxygen atoms in total. The second-order valence-electron chi connectivity index (χ2n) is 3.39. The normalized spacial score (nSPS) is 10.2. The van der Waals surface area contributed by atoms with Crippen LogP contribution in [-0.2, 0) is 0 Å². The standard InChI is InChI=1S/C12H11NO4/c1-16-8-6-4-3-5-7(8)13-9-10(14)11(15)12(9)17-2/h3-6,13H,1-2H3. The highest BCUT2D eigenvalue weighted by atomic mass is 16.5. The summed E-state index contributed by atoms with van der Waals surface area (Å²) in [6.45, 7) is 0. The highest BCUT2D eigenvalue weighted by Crippen LogP contribution is 2.29. The van der Waals surface area contributed by atoms with Gasteiger partial charge in [-0.2, -0.15) is 0 Å². The highest BCUT2D eigenvalue weighted by Gasteiger charge is 2.22. The monoisotopic (exact) mass is 233 g/mol. The summed E-state index contributed by atoms with van der Waals surface area (Å²) >= 11 is 0. The van der Waals surface area contributed by atoms with Gasteiger partial charge in [-0.15, -0.1) is 0 Å². The maximum atomic E-state index is 11.3. The van der Waals surface area contributed by atoms with Gasteiger partial charge in [0.2, 0.25) is 0 Å². The number of hydrogen-bond acceptors (Lipinski definition) is 5. The van der Waals surface area contributed by atoms with Crippen LogP contribution in [-0.4, -0.2) is 14.2 Å². The first-order chi connectivity index (χ1) is 8.19. The number of methoxy groups -OCH3 is 2. The van der Waals surface area contributed by atoms with E-state index in [1.54, 1.807) is 18.2 Å². The molecule has 0 aromatic heterocycles. The largest absolute Gasteiger partial charge is 0.495 e. The van der Waals surface area contributed by atoms with Crippen molar-refractivity contribution in [2.75, 3.05) is 19.5 Å². The summed E-state index contributed by atoms with van der Waals surface area (Å²) in [5, 5.41) is 2.84. The summed E-state index contributed by atoms with van der Waals surface area (Å²) in [4.78, 5) is 22.5. The first-order valence-electron chi connectivity index (χ1n) is 4.96. The van der Waals surface area contributed by atoms with Crippen molar-refractivity contribution in [2.45, 2.75) is 0 Å². The Morgan fingerprint density at radius 2 is 1.71 bits per heavy atom. The van der Waals surface area contributed by atoms with Crippen LogP contribution in [0.3, 0.4) is 0 Å². The van der Waals surface area contributed by atoms with Gasteiger partial charge < -0.3 is 14.8 Å². The maximum Gasteiger partial charge on any atom is 0.272 e. The molecule has 0 bridgehead atoms. The molecule has 2 aromatic carbocycles. The lowest BCUT2D eigenvalue weighted by molar-refractivity contribution is 0.407. The van der Waals surface area contributed by atoms with E-state index in [2.05, 4.69) is 5.32 Å². The fourth-order valence-electron chi connectivity index (χ4n) is 1.56. The Labute approximate surface area is 97.3 Å². The van der Waals surface area contributed by atoms with Gasteiger partial charge in [0.25, 0.3) is 10.9 Å². The van der Waals surface area contributed by atoms with Gasteiger partial charge in [-0.25, -0.2) is 0 Å². The van der Waals surface area contributed by atoms with E-state index in [-0.39, 0.29) is 11.4 Å². The van der Waals surface area contributed by atoms with Crippen molar-refractivity contribution in [3.63, 3.8) is 0 Å². The van der Waals surface area contributed by atoms with Crippen LogP contribution in [0.15, 0.2) is 33.9 Å². The van der Waals surface area contributed by atoms with E-state index in [1.165, 1.54) is 14.2 Å². The number of anilines is 2. The zero-order valence-corrected chi connectivity index (χ0v) is 9.44. The predicted octanol–water partition coefficient (Wildman–Crippen LogP) is 1.04. The van der Waals surface area contributed by atoms with Crippen LogP contribution < -0.4 is 25.6 Å². The summed E-state index contributed by atoms with van der Waals surface area (Å²) in [5.74, 6) is 0.642. The Hall–Kier alpha value is -2.30. The number of para-hydroxylation sites is 2. The molecule has 5 heteroatoms. The molecule has 2 rings (SSSR count). The molecule has 0 spiro atoms. The van der Waals surface area contributed by atoms with Crippen LogP contribution >= 0.6 is 0 Å². The van der Waals surface area contributed by atoms with Gasteiger partial charge in [0.05, 0.1) is 19.9 Å². The molecule has 1 N–H and O–H groups in total. The molecule has 0 amide bonds. The summed E-state index contributed by atoms with van der Waals surface area (Å²) < 4.78 is 9.96. The Kier molecular flexibility index (Phi) is 2.82. The molecule has 0 saturated heterocycles. The molecule has 0 saturated carbocycles. The molecule has 88 valence electrons. The number of nitrogens with one attached hydrogen (secondary N) is 1. The minimum atomic E-state index is -0.607. The molecule has 0 heterocycles. The third-order valence-electron chi connectivity index (χ3n) is 2.44. The van der Waals surface area contributed by atoms with Gasteiger partial charge in [-0.3, -0.25) is 9.59 Å². The molecular weight excluding hydrogens is 222 g/mol. The van der Waals surface area contributed by atoms with Crippen molar-refractivity contribution in [2.24, 2.45) is 0 Å². The van der Waals surface area contributed by atoms with Gasteiger partial charge >= 0.3 is 0 Å². The van der Waals surface area contributed by atoms with Crippen LogP contribution in [0.5, 0.6) is 11.5 Å². The van der Waals surface area contributed by atoms with Gasteiger partial charge in [0, 0.05) is 0 Å². The van der Waals surface area contributed by atoms with Gasteiger partial charge in [-0.1, -0.05) is 12.1 Å². The zero-order chi connectivity index (χ0) is 12.4. The molecule has 0 aliphatic heterocycles. The molecule has 0 aliphatic rings. The highest BCUT2D eigenvalue weighted by molar-refractivity contribution is 5.73. The zero-order valence-electron chi connectivity index (χ0n) is 9.44. The number of benzene rings is 1. The number of ether oxygens (including phenoxy) is 2. The van der Waals surface area contributed by atoms with Crippen LogP contribution in [0, 0.1) is 0 Å². The fourth-order valence-corrected chi connectivity index (χ4v) is 1.56. The Morgan fingerprint density at radius 3 is 2.35 bits per heavy atom. The molecule has 0 atom stereocenters. The van der Waals surface area contributed by atoms with E-state index in [1.807, 2.05) is 6.07 Å². The minimum Gasteiger partial charge on any atom is -0.495 e. The molecule has 0 unspecified atom stereocenters. The van der Waals surface area contributed by atoms with Gasteiger partial charge in [-0.05, 0) is 12.1 Å². The van der Waals surface area contributed by atoms with Crippen LogP contribution in [0.25, 0.3) is 0 Å². The third-order valence-corrected chi connectivity index (χ3v) is 2.44. The second kappa shape index (κ2) is 4.29. The van der Waals surface area contributed by atoms with Gasteiger partial charge in [0.15, 0.2) is 5.75 Å². The van der Waals surface area contributed by atoms with Gasteiger partial charge in [0.1, 0.15) is 11.4 Å². The van der Waals surface area contributed by atoms with Crippen molar-refractivity contribution in [3.8, 4) is 11.5 Å². The van der Waals surface area contributed by atoms with E-state index < -0.39 is 10.9 Å². The van der Waals surface area contributed by atoms with E-state index in [0.717, 1.165) is 0 Å². The van der Waals surface area contributed by atoms with Crippen molar-refractivity contribution in [3.05, 3.63) is 44.7 Å². The second-order valence-corrected chi connectivity index (χ2v) is 3.39. The lowest BCUT2D eigenvalue weighted by atomic mass is 10.2. The van der Waals surface area contributed by atoms with Crippen molar-refractivity contribution in [1.29, 1.82) is 0 Å². The summed E-state index contributed by atoms with van der Waals surface area (Å²) in [5.41, 5.74) is -0.403. The average molecular weight is 233 g/mol. The van der Waals surface area contributed by atoms with Crippen molar-refractivity contribution >= 4 is 11.4 Å². The lowest BCUT2D eigenvalue weighted by Crippen LogP contribution is -2.34. The fraction of sp³-hybridized carbons (Fsp3) is 0.167. The van der Waals surface area contributed by atoms with E-state index in [9.17, 15) is 9.59 Å². The average Bonchev–Trinajstić information content (AvgIpc) is 2.38. The van der Waals surface area contributed by atoms with Crippen molar-refractivity contribution < 1.29 is 9.47 Å². The Balaban J connectivity index is 2.36. The summed E-state index contributed by atoms with van der Waals surface area (Å²) in [7, 11) is 2.88. The number of rotatable bonds is 4. The maximum absolute atomic E-state index is 11.3. The number of hydrogen-bond donors (Lipinski definition) is 1. The molecule has 17 heavy (non-hydrogen) atoms. The molecule has 0 fully saturated rings. The Bertz CT molecular complexity index is 611. The molecular formula is C12H11NO4. The van der Waals surface area contributed by atoms with Crippen LogP contribution in [0.4, 0.5) is 11.4 Å². The van der Waals surface area contributed by atoms with E-state index in [0.29, 0.717) is 11.4 Å². The van der Waals surface area contributed by atoms with Crippen molar-refractivity contribution in [1.82, 2.24) is 0 Å². The van der Waals surface area contributed by atoms with Crippen LogP contribution in [0.2, 0.25) is 0 Å². The lowest BCUT2D eigenvalue weighted by Gasteiger charge is -2.13. The topological polar surface area (TPSA) is 64.6 Å². The Morgan fingerprint density at radius 1 is 1.00 bits per heavy atom. The smallest absolute Gasteiger partial charge is 0.272 e. The predicted molar refractivity (Wildman–Crippen MR) is 64.2 cm³/mol. The third kappa shape index (κ3) is 1.75. The first-order valence-corrected chi connectivity index (χ1v) is 4.96. The van der Waals surface area contributed by atoms with E-state index >= 15 is 0 Å². The molecule has 0 radical (unpaired) electrons. The SMILES string of the molecule is COc1ccccc1Nc1c(OC)c(=O)c1=O. The van der Waals surface area contributed by atoms with Crippen LogP contribution in [0.1, 0.15) is 0 Å². The van der Waals surface area contributed by atoms with E-state index in [4.69, 9.17) is 9.47 Å². The molecule has 0 aliphatic carbocycles. The summed E-state index contributed by atoms with van der Waals surface area (Å²) in [6.07, 6.45) is 0. The minimum absolute atomic E-state index is 0.0564.